The number of hydrogen-bond donors (Lipinski definition) is 2. The molecule has 9 rings (SSSR count). The predicted octanol–water partition coefficient (Wildman–Crippen LogP) is 13.5. The smallest absolute Gasteiger partial charge is 0.203 e. The average Bonchev–Trinajstić information content (AvgIpc) is 4.26. The number of benzene rings is 4. The molecular formula is C58H52N6O6. The number of nitrogens with zero attached hydrogens (tertiary/aromatic N) is 4. The summed E-state index contributed by atoms with van der Waals surface area (Å²) in [6.45, 7) is 5.25. The van der Waals surface area contributed by atoms with Crippen molar-refractivity contribution < 1.29 is 28.4 Å². The summed E-state index contributed by atoms with van der Waals surface area (Å²) in [7, 11) is 6.49. The van der Waals surface area contributed by atoms with Crippen LogP contribution in [-0.2, 0) is 0 Å². The van der Waals surface area contributed by atoms with E-state index in [-0.39, 0.29) is 0 Å². The Morgan fingerprint density at radius 1 is 0.429 bits per heavy atom. The number of rotatable bonds is 16. The number of aromatic amines is 2. The quantitative estimate of drug-likeness (QED) is 0.0893. The zero-order chi connectivity index (χ0) is 48.7. The number of aromatic nitrogens is 4. The zero-order valence-electron chi connectivity index (χ0n) is 40.0. The Hall–Kier alpha value is -8.74. The van der Waals surface area contributed by atoms with Crippen LogP contribution in [0.1, 0.15) is 73.4 Å². The monoisotopic (exact) mass is 928 g/mol. The second-order valence-corrected chi connectivity index (χ2v) is 16.7. The Morgan fingerprint density at radius 3 is 1.00 bits per heavy atom. The van der Waals surface area contributed by atoms with Gasteiger partial charge in [0.05, 0.1) is 87.7 Å². The molecule has 2 N–H and O–H groups in total. The van der Waals surface area contributed by atoms with E-state index >= 15 is 0 Å². The van der Waals surface area contributed by atoms with Gasteiger partial charge < -0.3 is 38.4 Å². The first-order valence-electron chi connectivity index (χ1n) is 23.3. The summed E-state index contributed by atoms with van der Waals surface area (Å²) in [6, 6.07) is 35.5. The van der Waals surface area contributed by atoms with E-state index in [0.29, 0.717) is 81.6 Å². The summed E-state index contributed by atoms with van der Waals surface area (Å²) in [5, 5.41) is 19.6. The van der Waals surface area contributed by atoms with Crippen molar-refractivity contribution in [1.29, 1.82) is 10.5 Å². The number of H-pyrrole nitrogens is 2. The molecule has 0 aliphatic carbocycles. The molecule has 4 aromatic carbocycles. The molecule has 70 heavy (non-hydrogen) atoms. The van der Waals surface area contributed by atoms with E-state index in [9.17, 15) is 10.5 Å². The third-order valence-corrected chi connectivity index (χ3v) is 12.3. The van der Waals surface area contributed by atoms with Crippen LogP contribution in [0.15, 0.2) is 97.1 Å². The molecule has 12 heteroatoms. The van der Waals surface area contributed by atoms with E-state index in [1.54, 1.807) is 28.4 Å². The fraction of sp³-hybridized carbons (Fsp3) is 0.207. The molecule has 0 amide bonds. The van der Waals surface area contributed by atoms with Crippen LogP contribution < -0.4 is 28.4 Å². The van der Waals surface area contributed by atoms with Crippen molar-refractivity contribution in [2.45, 2.75) is 39.5 Å². The SMILES string of the molecule is CCCCOc1c(OC)cc(-c2c3nc(c(-c4ccc(C#N)cc4)c4ccc([nH]4)c(-c4cc(OC)c(OCCCC)c(OC)c4)c4nc(c(-c5ccc(C#N)cc5)c5ccc2[nH]5)C=C4)C=C3)cc1OC. The van der Waals surface area contributed by atoms with Gasteiger partial charge in [-0.25, -0.2) is 9.97 Å². The molecule has 0 saturated carbocycles. The summed E-state index contributed by atoms with van der Waals surface area (Å²) < 4.78 is 36.5. The highest BCUT2D eigenvalue weighted by Crippen LogP contribution is 2.46. The number of ether oxygens (including phenoxy) is 6. The van der Waals surface area contributed by atoms with Gasteiger partial charge in [-0.1, -0.05) is 51.0 Å². The van der Waals surface area contributed by atoms with E-state index in [1.165, 1.54) is 0 Å². The standard InChI is InChI=1S/C58H52N6O6/c1-7-9-27-69-57-49(65-3)29-39(30-50(57)66-4)55-45-23-19-41(61-45)53(37-15-11-35(33-59)12-16-37)43-21-25-47(63-43)56(40-31-51(67-5)58(52(32-40)68-6)70-28-10-8-2)48-26-22-44(64-48)54(42-20-24-46(55)62-42)38-17-13-36(34-60)14-18-38/h11-26,29-32,61,64H,7-10,27-28H2,1-6H3. The highest BCUT2D eigenvalue weighted by Gasteiger charge is 2.23. The molecule has 0 fully saturated rings. The lowest BCUT2D eigenvalue weighted by atomic mass is 10.0. The third-order valence-electron chi connectivity index (χ3n) is 12.3. The first-order chi connectivity index (χ1) is 34.3. The molecular weight excluding hydrogens is 877 g/mol. The van der Waals surface area contributed by atoms with Gasteiger partial charge in [-0.05, 0) is 132 Å². The largest absolute Gasteiger partial charge is 0.493 e. The van der Waals surface area contributed by atoms with E-state index in [1.807, 2.05) is 121 Å². The molecule has 7 aromatic rings. The van der Waals surface area contributed by atoms with Gasteiger partial charge in [0.2, 0.25) is 11.5 Å². The van der Waals surface area contributed by atoms with Gasteiger partial charge in [0.25, 0.3) is 0 Å². The fourth-order valence-corrected chi connectivity index (χ4v) is 8.81. The number of fused-ring (bicyclic) bond motifs is 8. The minimum atomic E-state index is 0.509. The maximum Gasteiger partial charge on any atom is 0.203 e. The minimum Gasteiger partial charge on any atom is -0.493 e. The van der Waals surface area contributed by atoms with Crippen molar-refractivity contribution in [2.24, 2.45) is 0 Å². The topological polar surface area (TPSA) is 160 Å². The number of unbranched alkanes of at least 4 members (excludes halogenated alkanes) is 2. The molecule has 350 valence electrons. The third kappa shape index (κ3) is 9.03. The van der Waals surface area contributed by atoms with Crippen LogP contribution in [0.3, 0.4) is 0 Å². The maximum atomic E-state index is 9.79. The predicted molar refractivity (Wildman–Crippen MR) is 277 cm³/mol. The fourth-order valence-electron chi connectivity index (χ4n) is 8.81. The first-order valence-corrected chi connectivity index (χ1v) is 23.3. The number of nitrogens with one attached hydrogen (secondary N) is 2. The minimum absolute atomic E-state index is 0.509. The molecule has 5 heterocycles. The summed E-state index contributed by atoms with van der Waals surface area (Å²) >= 11 is 0. The molecule has 2 aliphatic rings. The number of hydrogen-bond acceptors (Lipinski definition) is 10. The lowest BCUT2D eigenvalue weighted by molar-refractivity contribution is 0.270. The van der Waals surface area contributed by atoms with Gasteiger partial charge in [-0.15, -0.1) is 0 Å². The normalized spacial score (nSPS) is 11.5. The molecule has 0 saturated heterocycles. The first kappa shape index (κ1) is 46.4. The number of methoxy groups -OCH3 is 4. The van der Waals surface area contributed by atoms with Gasteiger partial charge in [-0.2, -0.15) is 10.5 Å². The lowest BCUT2D eigenvalue weighted by Gasteiger charge is -2.16. The van der Waals surface area contributed by atoms with E-state index < -0.39 is 0 Å². The van der Waals surface area contributed by atoms with Crippen LogP contribution in [0.25, 0.3) is 90.9 Å². The molecule has 0 unspecified atom stereocenters. The molecule has 3 aromatic heterocycles. The van der Waals surface area contributed by atoms with E-state index in [2.05, 4.69) is 36.0 Å². The van der Waals surface area contributed by atoms with Crippen molar-refractivity contribution in [1.82, 2.24) is 19.9 Å². The van der Waals surface area contributed by atoms with Crippen LogP contribution in [0.2, 0.25) is 0 Å². The summed E-state index contributed by atoms with van der Waals surface area (Å²) in [5.74, 6) is 3.13. The maximum absolute atomic E-state index is 9.79. The van der Waals surface area contributed by atoms with Gasteiger partial charge >= 0.3 is 0 Å². The van der Waals surface area contributed by atoms with Crippen molar-refractivity contribution in [3.8, 4) is 91.1 Å². The Kier molecular flexibility index (Phi) is 13.7. The van der Waals surface area contributed by atoms with Gasteiger partial charge in [-0.3, -0.25) is 0 Å². The van der Waals surface area contributed by atoms with Crippen LogP contribution in [0.5, 0.6) is 34.5 Å². The second-order valence-electron chi connectivity index (χ2n) is 16.7. The molecule has 0 radical (unpaired) electrons. The summed E-state index contributed by atoms with van der Waals surface area (Å²) in [5.41, 5.74) is 13.4. The number of nitriles is 2. The van der Waals surface area contributed by atoms with Gasteiger partial charge in [0.1, 0.15) is 0 Å². The van der Waals surface area contributed by atoms with Crippen LogP contribution in [-0.4, -0.2) is 61.6 Å². The Balaban J connectivity index is 1.42. The highest BCUT2D eigenvalue weighted by atomic mass is 16.5. The average molecular weight is 929 g/mol. The van der Waals surface area contributed by atoms with Crippen LogP contribution in [0.4, 0.5) is 0 Å². The Morgan fingerprint density at radius 2 is 0.729 bits per heavy atom. The second kappa shape index (κ2) is 20.6. The van der Waals surface area contributed by atoms with Crippen molar-refractivity contribution in [3.05, 3.63) is 131 Å². The van der Waals surface area contributed by atoms with Gasteiger partial charge in [0.15, 0.2) is 23.0 Å². The van der Waals surface area contributed by atoms with Crippen molar-refractivity contribution >= 4 is 46.4 Å². The Labute approximate surface area is 407 Å². The highest BCUT2D eigenvalue weighted by molar-refractivity contribution is 6.00. The molecule has 0 spiro atoms. The van der Waals surface area contributed by atoms with Crippen LogP contribution >= 0.6 is 0 Å². The molecule has 8 bridgehead atoms. The van der Waals surface area contributed by atoms with E-state index in [0.717, 1.165) is 92.3 Å². The van der Waals surface area contributed by atoms with Crippen molar-refractivity contribution in [3.63, 3.8) is 0 Å². The zero-order valence-corrected chi connectivity index (χ0v) is 40.0. The van der Waals surface area contributed by atoms with Crippen molar-refractivity contribution in [2.75, 3.05) is 41.7 Å². The molecule has 12 nitrogen and oxygen atoms in total. The summed E-state index contributed by atoms with van der Waals surface area (Å²) in [6.07, 6.45) is 11.7. The van der Waals surface area contributed by atoms with E-state index in [4.69, 9.17) is 38.4 Å². The van der Waals surface area contributed by atoms with Crippen LogP contribution in [0, 0.1) is 22.7 Å². The molecule has 0 atom stereocenters. The molecule has 2 aliphatic heterocycles. The summed E-state index contributed by atoms with van der Waals surface area (Å²) in [4.78, 5) is 18.4. The lowest BCUT2D eigenvalue weighted by Crippen LogP contribution is -2.02. The van der Waals surface area contributed by atoms with Gasteiger partial charge in [0, 0.05) is 44.3 Å². The Bertz CT molecular complexity index is 3150.